The Labute approximate surface area is 129 Å². The second kappa shape index (κ2) is 5.73. The number of piperidine rings is 1. The van der Waals surface area contributed by atoms with Crippen molar-refractivity contribution in [3.8, 4) is 0 Å². The van der Waals surface area contributed by atoms with Gasteiger partial charge in [-0.15, -0.1) is 0 Å². The molecule has 2 aliphatic heterocycles. The molecule has 114 valence electrons. The molecule has 0 saturated carbocycles. The quantitative estimate of drug-likeness (QED) is 0.820. The first-order valence-electron chi connectivity index (χ1n) is 7.37. The summed E-state index contributed by atoms with van der Waals surface area (Å²) < 4.78 is 0. The summed E-state index contributed by atoms with van der Waals surface area (Å²) in [7, 11) is 0. The molecular formula is C15H20ClN3O2. The van der Waals surface area contributed by atoms with E-state index in [0.29, 0.717) is 22.4 Å². The number of nitrogen functional groups attached to an aromatic ring is 1. The predicted octanol–water partition coefficient (Wildman–Crippen LogP) is 2.29. The van der Waals surface area contributed by atoms with Crippen molar-refractivity contribution in [3.05, 3.63) is 22.7 Å². The van der Waals surface area contributed by atoms with E-state index in [4.69, 9.17) is 17.3 Å². The highest BCUT2D eigenvalue weighted by atomic mass is 35.5. The Bertz CT molecular complexity index is 564. The highest BCUT2D eigenvalue weighted by Gasteiger charge is 2.31. The van der Waals surface area contributed by atoms with Gasteiger partial charge in [0.05, 0.1) is 16.3 Å². The van der Waals surface area contributed by atoms with Crippen molar-refractivity contribution in [3.63, 3.8) is 0 Å². The van der Waals surface area contributed by atoms with Gasteiger partial charge in [-0.25, -0.2) is 4.79 Å². The molecule has 0 bridgehead atoms. The third kappa shape index (κ3) is 2.80. The van der Waals surface area contributed by atoms with E-state index >= 15 is 0 Å². The average Bonchev–Trinajstić information content (AvgIpc) is 2.46. The minimum Gasteiger partial charge on any atom is -0.478 e. The standard InChI is InChI=1S/C15H20ClN3O2/c16-13-8-10(17)7-12(15(20)21)14(13)19-6-5-18-4-2-1-3-11(18)9-19/h7-8,11H,1-6,9,17H2,(H,20,21). The molecule has 0 spiro atoms. The van der Waals surface area contributed by atoms with Gasteiger partial charge < -0.3 is 15.7 Å². The number of benzene rings is 1. The van der Waals surface area contributed by atoms with Crippen molar-refractivity contribution >= 4 is 28.9 Å². The summed E-state index contributed by atoms with van der Waals surface area (Å²) in [5.74, 6) is -0.981. The SMILES string of the molecule is Nc1cc(Cl)c(N2CCN3CCCCC3C2)c(C(=O)O)c1. The van der Waals surface area contributed by atoms with Crippen LogP contribution in [0.1, 0.15) is 29.6 Å². The lowest BCUT2D eigenvalue weighted by atomic mass is 9.98. The second-order valence-corrected chi connectivity index (χ2v) is 6.24. The van der Waals surface area contributed by atoms with Gasteiger partial charge in [-0.3, -0.25) is 4.90 Å². The van der Waals surface area contributed by atoms with Crippen LogP contribution in [-0.2, 0) is 0 Å². The van der Waals surface area contributed by atoms with Gasteiger partial charge in [0, 0.05) is 31.4 Å². The Morgan fingerprint density at radius 2 is 2.10 bits per heavy atom. The molecule has 0 amide bonds. The number of anilines is 2. The second-order valence-electron chi connectivity index (χ2n) is 5.84. The molecule has 1 aromatic carbocycles. The number of piperazine rings is 1. The van der Waals surface area contributed by atoms with Crippen LogP contribution in [0.15, 0.2) is 12.1 Å². The van der Waals surface area contributed by atoms with Crippen LogP contribution in [0.2, 0.25) is 5.02 Å². The molecule has 2 heterocycles. The number of hydrogen-bond donors (Lipinski definition) is 2. The molecule has 2 fully saturated rings. The summed E-state index contributed by atoms with van der Waals surface area (Å²) >= 11 is 6.29. The number of carboxylic acid groups (broad SMARTS) is 1. The lowest BCUT2D eigenvalue weighted by Crippen LogP contribution is -2.55. The number of halogens is 1. The molecule has 2 aliphatic rings. The zero-order valence-corrected chi connectivity index (χ0v) is 12.6. The molecule has 0 radical (unpaired) electrons. The Kier molecular flexibility index (Phi) is 3.95. The summed E-state index contributed by atoms with van der Waals surface area (Å²) in [4.78, 5) is 16.1. The number of carbonyl (C=O) groups is 1. The van der Waals surface area contributed by atoms with Gasteiger partial charge in [-0.1, -0.05) is 18.0 Å². The van der Waals surface area contributed by atoms with Gasteiger partial charge in [0.1, 0.15) is 0 Å². The molecule has 3 rings (SSSR count). The zero-order chi connectivity index (χ0) is 15.0. The smallest absolute Gasteiger partial charge is 0.337 e. The fourth-order valence-electron chi connectivity index (χ4n) is 3.46. The number of rotatable bonds is 2. The van der Waals surface area contributed by atoms with E-state index in [9.17, 15) is 9.90 Å². The number of fused-ring (bicyclic) bond motifs is 1. The molecule has 5 nitrogen and oxygen atoms in total. The first kappa shape index (κ1) is 14.5. The van der Waals surface area contributed by atoms with E-state index < -0.39 is 5.97 Å². The topological polar surface area (TPSA) is 69.8 Å². The maximum atomic E-state index is 11.5. The monoisotopic (exact) mass is 309 g/mol. The van der Waals surface area contributed by atoms with Crippen molar-refractivity contribution in [1.82, 2.24) is 4.90 Å². The molecule has 3 N–H and O–H groups in total. The van der Waals surface area contributed by atoms with Gasteiger partial charge in [-0.2, -0.15) is 0 Å². The molecule has 1 aromatic rings. The Morgan fingerprint density at radius 1 is 1.29 bits per heavy atom. The average molecular weight is 310 g/mol. The first-order valence-corrected chi connectivity index (χ1v) is 7.75. The van der Waals surface area contributed by atoms with E-state index in [1.54, 1.807) is 6.07 Å². The van der Waals surface area contributed by atoms with Crippen LogP contribution in [-0.4, -0.2) is 48.2 Å². The molecule has 0 aromatic heterocycles. The Hall–Kier alpha value is -1.46. The fourth-order valence-corrected chi connectivity index (χ4v) is 3.81. The van der Waals surface area contributed by atoms with Crippen molar-refractivity contribution in [2.45, 2.75) is 25.3 Å². The molecule has 21 heavy (non-hydrogen) atoms. The third-order valence-electron chi connectivity index (χ3n) is 4.47. The largest absolute Gasteiger partial charge is 0.478 e. The molecular weight excluding hydrogens is 290 g/mol. The predicted molar refractivity (Wildman–Crippen MR) is 84.2 cm³/mol. The van der Waals surface area contributed by atoms with Crippen LogP contribution in [0.4, 0.5) is 11.4 Å². The van der Waals surface area contributed by atoms with Gasteiger partial charge in [-0.05, 0) is 31.5 Å². The summed E-state index contributed by atoms with van der Waals surface area (Å²) in [6.45, 7) is 3.76. The normalized spacial score (nSPS) is 22.9. The van der Waals surface area contributed by atoms with Gasteiger partial charge in [0.2, 0.25) is 0 Å². The summed E-state index contributed by atoms with van der Waals surface area (Å²) in [6, 6.07) is 3.63. The van der Waals surface area contributed by atoms with E-state index in [1.165, 1.54) is 25.3 Å². The van der Waals surface area contributed by atoms with Crippen LogP contribution >= 0.6 is 11.6 Å². The molecule has 1 unspecified atom stereocenters. The van der Waals surface area contributed by atoms with E-state index in [1.807, 2.05) is 0 Å². The van der Waals surface area contributed by atoms with Crippen LogP contribution in [0.5, 0.6) is 0 Å². The maximum Gasteiger partial charge on any atom is 0.337 e. The van der Waals surface area contributed by atoms with Crippen molar-refractivity contribution < 1.29 is 9.90 Å². The number of nitrogens with two attached hydrogens (primary N) is 1. The van der Waals surface area contributed by atoms with Crippen molar-refractivity contribution in [2.24, 2.45) is 0 Å². The van der Waals surface area contributed by atoms with Gasteiger partial charge in [0.25, 0.3) is 0 Å². The van der Waals surface area contributed by atoms with Crippen LogP contribution in [0.3, 0.4) is 0 Å². The number of hydrogen-bond acceptors (Lipinski definition) is 4. The number of carboxylic acids is 1. The summed E-state index contributed by atoms with van der Waals surface area (Å²) in [6.07, 6.45) is 3.68. The Morgan fingerprint density at radius 3 is 2.86 bits per heavy atom. The van der Waals surface area contributed by atoms with Crippen LogP contribution in [0, 0.1) is 0 Å². The minimum atomic E-state index is -0.981. The highest BCUT2D eigenvalue weighted by Crippen LogP contribution is 2.35. The summed E-state index contributed by atoms with van der Waals surface area (Å²) in [5, 5.41) is 9.85. The fraction of sp³-hybridized carbons (Fsp3) is 0.533. The third-order valence-corrected chi connectivity index (χ3v) is 4.76. The van der Waals surface area contributed by atoms with Crippen LogP contribution in [0.25, 0.3) is 0 Å². The lowest BCUT2D eigenvalue weighted by Gasteiger charge is -2.45. The Balaban J connectivity index is 1.91. The number of aromatic carboxylic acids is 1. The first-order chi connectivity index (χ1) is 10.1. The molecule has 1 atom stereocenters. The number of nitrogens with zero attached hydrogens (tertiary/aromatic N) is 2. The summed E-state index contributed by atoms with van der Waals surface area (Å²) in [5.41, 5.74) is 6.93. The van der Waals surface area contributed by atoms with Gasteiger partial charge in [0.15, 0.2) is 0 Å². The molecule has 0 aliphatic carbocycles. The minimum absolute atomic E-state index is 0.198. The highest BCUT2D eigenvalue weighted by molar-refractivity contribution is 6.34. The van der Waals surface area contributed by atoms with E-state index in [2.05, 4.69) is 9.80 Å². The molecule has 2 saturated heterocycles. The maximum absolute atomic E-state index is 11.5. The lowest BCUT2D eigenvalue weighted by molar-refractivity contribution is 0.0697. The van der Waals surface area contributed by atoms with Gasteiger partial charge >= 0.3 is 5.97 Å². The van der Waals surface area contributed by atoms with Crippen LogP contribution < -0.4 is 10.6 Å². The zero-order valence-electron chi connectivity index (χ0n) is 11.9. The molecule has 6 heteroatoms. The van der Waals surface area contributed by atoms with Crippen molar-refractivity contribution in [2.75, 3.05) is 36.8 Å². The van der Waals surface area contributed by atoms with E-state index in [0.717, 1.165) is 26.2 Å². The van der Waals surface area contributed by atoms with Crippen molar-refractivity contribution in [1.29, 1.82) is 0 Å². The van der Waals surface area contributed by atoms with E-state index in [-0.39, 0.29) is 5.56 Å².